The second-order valence-electron chi connectivity index (χ2n) is 6.95. The molecule has 0 aliphatic rings. The van der Waals surface area contributed by atoms with Gasteiger partial charge < -0.3 is 29.9 Å². The predicted molar refractivity (Wildman–Crippen MR) is 112 cm³/mol. The monoisotopic (exact) mass is 410 g/mol. The van der Waals surface area contributed by atoms with E-state index >= 15 is 0 Å². The second-order valence-corrected chi connectivity index (χ2v) is 6.95. The molecule has 0 spiro atoms. The maximum absolute atomic E-state index is 9.38. The number of hydrogen-bond donors (Lipinski definition) is 4. The summed E-state index contributed by atoms with van der Waals surface area (Å²) in [5, 5.41) is 37.5. The Labute approximate surface area is 175 Å². The van der Waals surface area contributed by atoms with Crippen molar-refractivity contribution in [1.82, 2.24) is 0 Å². The first-order valence-corrected chi connectivity index (χ1v) is 9.66. The molecule has 6 heteroatoms. The smallest absolute Gasteiger partial charge is 0.120 e. The molecule has 0 saturated carbocycles. The Kier molecular flexibility index (Phi) is 7.82. The summed E-state index contributed by atoms with van der Waals surface area (Å²) in [6.07, 6.45) is 0. The average molecular weight is 410 g/mol. The van der Waals surface area contributed by atoms with E-state index in [1.807, 2.05) is 24.3 Å². The van der Waals surface area contributed by atoms with Crippen LogP contribution >= 0.6 is 0 Å². The van der Waals surface area contributed by atoms with Gasteiger partial charge in [-0.15, -0.1) is 0 Å². The highest BCUT2D eigenvalue weighted by atomic mass is 16.5. The molecular formula is C24H26O6. The van der Waals surface area contributed by atoms with Crippen molar-refractivity contribution in [3.63, 3.8) is 0 Å². The lowest BCUT2D eigenvalue weighted by Crippen LogP contribution is -2.05. The van der Waals surface area contributed by atoms with Gasteiger partial charge in [0.1, 0.15) is 24.7 Å². The van der Waals surface area contributed by atoms with Crippen molar-refractivity contribution in [2.75, 3.05) is 0 Å². The number of ether oxygens (including phenoxy) is 2. The van der Waals surface area contributed by atoms with E-state index in [9.17, 15) is 20.4 Å². The summed E-state index contributed by atoms with van der Waals surface area (Å²) in [5.74, 6) is 1.15. The summed E-state index contributed by atoms with van der Waals surface area (Å²) >= 11 is 0. The van der Waals surface area contributed by atoms with Crippen molar-refractivity contribution in [3.05, 3.63) is 94.0 Å². The highest BCUT2D eigenvalue weighted by molar-refractivity contribution is 5.36. The molecule has 0 atom stereocenters. The largest absolute Gasteiger partial charge is 0.489 e. The van der Waals surface area contributed by atoms with Crippen molar-refractivity contribution in [2.24, 2.45) is 0 Å². The highest BCUT2D eigenvalue weighted by Gasteiger charge is 2.07. The Hall–Kier alpha value is -2.90. The van der Waals surface area contributed by atoms with Gasteiger partial charge in [-0.25, -0.2) is 0 Å². The van der Waals surface area contributed by atoms with Crippen LogP contribution in [-0.2, 0) is 39.6 Å². The van der Waals surface area contributed by atoms with E-state index in [2.05, 4.69) is 0 Å². The minimum atomic E-state index is -0.128. The van der Waals surface area contributed by atoms with Crippen LogP contribution in [0.2, 0.25) is 0 Å². The molecule has 158 valence electrons. The highest BCUT2D eigenvalue weighted by Crippen LogP contribution is 2.22. The number of rotatable bonds is 10. The Balaban J connectivity index is 1.71. The molecule has 0 saturated heterocycles. The van der Waals surface area contributed by atoms with Gasteiger partial charge in [0.25, 0.3) is 0 Å². The van der Waals surface area contributed by atoms with Crippen LogP contribution in [-0.4, -0.2) is 20.4 Å². The van der Waals surface area contributed by atoms with Gasteiger partial charge in [0.05, 0.1) is 26.4 Å². The number of hydrogen-bond acceptors (Lipinski definition) is 6. The lowest BCUT2D eigenvalue weighted by atomic mass is 10.1. The summed E-state index contributed by atoms with van der Waals surface area (Å²) in [6, 6.07) is 18.2. The summed E-state index contributed by atoms with van der Waals surface area (Å²) in [7, 11) is 0. The Morgan fingerprint density at radius 2 is 0.833 bits per heavy atom. The fourth-order valence-electron chi connectivity index (χ4n) is 3.15. The zero-order valence-electron chi connectivity index (χ0n) is 16.6. The van der Waals surface area contributed by atoms with Gasteiger partial charge >= 0.3 is 0 Å². The van der Waals surface area contributed by atoms with Crippen LogP contribution in [0.4, 0.5) is 0 Å². The standard InChI is InChI=1S/C24H26O6/c25-11-17-5-18(12-26)8-23(7-17)29-15-21-3-1-2-4-22(21)16-30-24-9-19(13-27)6-20(10-24)14-28/h1-10,25-28H,11-16H2. The van der Waals surface area contributed by atoms with Crippen LogP contribution in [0.3, 0.4) is 0 Å². The average Bonchev–Trinajstić information content (AvgIpc) is 2.81. The fraction of sp³-hybridized carbons (Fsp3) is 0.250. The molecule has 3 rings (SSSR count). The third-order valence-corrected chi connectivity index (χ3v) is 4.69. The van der Waals surface area contributed by atoms with Crippen LogP contribution in [0.15, 0.2) is 60.7 Å². The van der Waals surface area contributed by atoms with Crippen molar-refractivity contribution in [3.8, 4) is 11.5 Å². The van der Waals surface area contributed by atoms with E-state index in [4.69, 9.17) is 9.47 Å². The van der Waals surface area contributed by atoms with Gasteiger partial charge in [-0.2, -0.15) is 0 Å². The lowest BCUT2D eigenvalue weighted by Gasteiger charge is -2.14. The molecule has 0 amide bonds. The lowest BCUT2D eigenvalue weighted by molar-refractivity contribution is 0.265. The molecule has 0 bridgehead atoms. The second kappa shape index (κ2) is 10.8. The van der Waals surface area contributed by atoms with Crippen molar-refractivity contribution in [1.29, 1.82) is 0 Å². The molecule has 30 heavy (non-hydrogen) atoms. The molecule has 0 fully saturated rings. The first kappa shape index (κ1) is 21.8. The number of aliphatic hydroxyl groups excluding tert-OH is 4. The van der Waals surface area contributed by atoms with Crippen molar-refractivity contribution in [2.45, 2.75) is 39.6 Å². The van der Waals surface area contributed by atoms with Crippen LogP contribution < -0.4 is 9.47 Å². The molecule has 0 heterocycles. The van der Waals surface area contributed by atoms with Crippen LogP contribution in [0.25, 0.3) is 0 Å². The van der Waals surface area contributed by atoms with Gasteiger partial charge in [-0.1, -0.05) is 36.4 Å². The minimum absolute atomic E-state index is 0.128. The van der Waals surface area contributed by atoms with E-state index < -0.39 is 0 Å². The molecule has 4 N–H and O–H groups in total. The van der Waals surface area contributed by atoms with Crippen molar-refractivity contribution >= 4 is 0 Å². The van der Waals surface area contributed by atoms with Crippen molar-refractivity contribution < 1.29 is 29.9 Å². The quantitative estimate of drug-likeness (QED) is 0.410. The third-order valence-electron chi connectivity index (χ3n) is 4.69. The summed E-state index contributed by atoms with van der Waals surface area (Å²) in [5.41, 5.74) is 4.60. The Bertz CT molecular complexity index is 847. The molecule has 0 aliphatic heterocycles. The van der Waals surface area contributed by atoms with Gasteiger partial charge in [0.15, 0.2) is 0 Å². The summed E-state index contributed by atoms with van der Waals surface area (Å²) in [4.78, 5) is 0. The number of benzene rings is 3. The molecule has 0 radical (unpaired) electrons. The molecule has 0 aliphatic carbocycles. The molecule has 0 unspecified atom stereocenters. The molecule has 3 aromatic carbocycles. The molecule has 3 aromatic rings. The zero-order valence-corrected chi connectivity index (χ0v) is 16.6. The topological polar surface area (TPSA) is 99.4 Å². The maximum Gasteiger partial charge on any atom is 0.120 e. The van der Waals surface area contributed by atoms with Gasteiger partial charge in [-0.3, -0.25) is 0 Å². The zero-order chi connectivity index (χ0) is 21.3. The minimum Gasteiger partial charge on any atom is -0.489 e. The van der Waals surface area contributed by atoms with E-state index in [-0.39, 0.29) is 26.4 Å². The van der Waals surface area contributed by atoms with Gasteiger partial charge in [-0.05, 0) is 57.6 Å². The Morgan fingerprint density at radius 1 is 0.500 bits per heavy atom. The van der Waals surface area contributed by atoms with Crippen LogP contribution in [0.5, 0.6) is 11.5 Å². The first-order valence-electron chi connectivity index (χ1n) is 9.66. The normalized spacial score (nSPS) is 10.8. The third kappa shape index (κ3) is 5.81. The summed E-state index contributed by atoms with van der Waals surface area (Å²) in [6.45, 7) is 0.0964. The van der Waals surface area contributed by atoms with E-state index in [1.54, 1.807) is 36.4 Å². The maximum atomic E-state index is 9.38. The van der Waals surface area contributed by atoms with E-state index in [0.29, 0.717) is 47.0 Å². The van der Waals surface area contributed by atoms with Gasteiger partial charge in [0, 0.05) is 0 Å². The summed E-state index contributed by atoms with van der Waals surface area (Å²) < 4.78 is 11.8. The Morgan fingerprint density at radius 3 is 1.13 bits per heavy atom. The van der Waals surface area contributed by atoms with E-state index in [0.717, 1.165) is 11.1 Å². The molecular weight excluding hydrogens is 384 g/mol. The number of aliphatic hydroxyl groups is 4. The fourth-order valence-corrected chi connectivity index (χ4v) is 3.15. The molecule has 6 nitrogen and oxygen atoms in total. The van der Waals surface area contributed by atoms with Crippen LogP contribution in [0, 0.1) is 0 Å². The SMILES string of the molecule is OCc1cc(CO)cc(OCc2ccccc2COc2cc(CO)cc(CO)c2)c1. The predicted octanol–water partition coefficient (Wildman–Crippen LogP) is 2.81. The first-order chi connectivity index (χ1) is 14.6. The molecule has 0 aromatic heterocycles. The van der Waals surface area contributed by atoms with Gasteiger partial charge in [0.2, 0.25) is 0 Å². The van der Waals surface area contributed by atoms with E-state index in [1.165, 1.54) is 0 Å². The van der Waals surface area contributed by atoms with Crippen LogP contribution in [0.1, 0.15) is 33.4 Å².